The van der Waals surface area contributed by atoms with E-state index in [2.05, 4.69) is 5.10 Å². The van der Waals surface area contributed by atoms with Crippen LogP contribution in [0.2, 0.25) is 0 Å². The Balaban J connectivity index is 2.02. The van der Waals surface area contributed by atoms with E-state index >= 15 is 0 Å². The number of hydrogen-bond acceptors (Lipinski definition) is 2. The molecule has 0 unspecified atom stereocenters. The second-order valence-corrected chi connectivity index (χ2v) is 5.12. The van der Waals surface area contributed by atoms with Crippen LogP contribution in [0.3, 0.4) is 0 Å². The van der Waals surface area contributed by atoms with Gasteiger partial charge >= 0.3 is 0 Å². The number of aliphatic hydroxyl groups is 1. The molecule has 1 aromatic heterocycles. The van der Waals surface area contributed by atoms with E-state index in [0.29, 0.717) is 6.54 Å². The van der Waals surface area contributed by atoms with Gasteiger partial charge in [0, 0.05) is 11.9 Å². The molecule has 0 aliphatic heterocycles. The number of rotatable bonds is 2. The number of nitrogens with zero attached hydrogens (tertiary/aromatic N) is 2. The Labute approximate surface area is 97.5 Å². The van der Waals surface area contributed by atoms with Crippen LogP contribution in [-0.4, -0.2) is 20.5 Å². The van der Waals surface area contributed by atoms with Crippen molar-refractivity contribution in [1.29, 1.82) is 0 Å². The van der Waals surface area contributed by atoms with Gasteiger partial charge in [-0.2, -0.15) is 5.10 Å². The Kier molecular flexibility index (Phi) is 3.64. The fourth-order valence-electron chi connectivity index (χ4n) is 2.56. The van der Waals surface area contributed by atoms with Crippen molar-refractivity contribution in [3.63, 3.8) is 0 Å². The van der Waals surface area contributed by atoms with Crippen molar-refractivity contribution in [3.8, 4) is 0 Å². The van der Waals surface area contributed by atoms with Crippen LogP contribution in [0, 0.1) is 6.92 Å². The molecule has 1 saturated carbocycles. The summed E-state index contributed by atoms with van der Waals surface area (Å²) >= 11 is 0. The van der Waals surface area contributed by atoms with E-state index in [9.17, 15) is 5.11 Å². The van der Waals surface area contributed by atoms with Crippen molar-refractivity contribution in [2.24, 2.45) is 0 Å². The maximum Gasteiger partial charge on any atom is 0.0842 e. The van der Waals surface area contributed by atoms with Gasteiger partial charge in [0.1, 0.15) is 0 Å². The summed E-state index contributed by atoms with van der Waals surface area (Å²) in [6, 6.07) is 1.99. The summed E-state index contributed by atoms with van der Waals surface area (Å²) in [6.45, 7) is 2.70. The summed E-state index contributed by atoms with van der Waals surface area (Å²) in [4.78, 5) is 0. The second-order valence-electron chi connectivity index (χ2n) is 5.12. The highest BCUT2D eigenvalue weighted by atomic mass is 16.3. The predicted octanol–water partition coefficient (Wildman–Crippen LogP) is 2.67. The minimum atomic E-state index is -0.531. The molecule has 1 fully saturated rings. The van der Waals surface area contributed by atoms with Gasteiger partial charge in [0.05, 0.1) is 12.1 Å². The first-order valence-electron chi connectivity index (χ1n) is 6.40. The zero-order valence-corrected chi connectivity index (χ0v) is 10.2. The van der Waals surface area contributed by atoms with E-state index in [0.717, 1.165) is 31.4 Å². The lowest BCUT2D eigenvalue weighted by molar-refractivity contribution is -0.00539. The van der Waals surface area contributed by atoms with E-state index in [1.807, 2.05) is 23.9 Å². The summed E-state index contributed by atoms with van der Waals surface area (Å²) in [5, 5.41) is 14.9. The molecule has 2 rings (SSSR count). The summed E-state index contributed by atoms with van der Waals surface area (Å²) in [5.74, 6) is 0. The van der Waals surface area contributed by atoms with Gasteiger partial charge in [0.2, 0.25) is 0 Å². The molecule has 1 heterocycles. The highest BCUT2D eigenvalue weighted by Crippen LogP contribution is 2.27. The minimum Gasteiger partial charge on any atom is -0.388 e. The zero-order valence-electron chi connectivity index (χ0n) is 10.2. The van der Waals surface area contributed by atoms with Crippen molar-refractivity contribution < 1.29 is 5.11 Å². The Bertz CT molecular complexity index is 324. The average molecular weight is 222 g/mol. The monoisotopic (exact) mass is 222 g/mol. The first-order valence-corrected chi connectivity index (χ1v) is 6.40. The molecule has 1 aliphatic carbocycles. The van der Waals surface area contributed by atoms with Crippen molar-refractivity contribution in [2.75, 3.05) is 0 Å². The van der Waals surface area contributed by atoms with Gasteiger partial charge in [-0.1, -0.05) is 32.1 Å². The molecular formula is C13H22N2O. The molecule has 1 N–H and O–H groups in total. The fourth-order valence-corrected chi connectivity index (χ4v) is 2.56. The lowest BCUT2D eigenvalue weighted by Gasteiger charge is -2.30. The van der Waals surface area contributed by atoms with Crippen molar-refractivity contribution in [2.45, 2.75) is 64.0 Å². The minimum absolute atomic E-state index is 0.531. The van der Waals surface area contributed by atoms with Crippen LogP contribution in [-0.2, 0) is 6.54 Å². The van der Waals surface area contributed by atoms with Gasteiger partial charge in [-0.15, -0.1) is 0 Å². The third kappa shape index (κ3) is 2.85. The maximum atomic E-state index is 10.6. The van der Waals surface area contributed by atoms with E-state index in [4.69, 9.17) is 0 Å². The van der Waals surface area contributed by atoms with Gasteiger partial charge in [0.25, 0.3) is 0 Å². The molecule has 3 nitrogen and oxygen atoms in total. The molecular weight excluding hydrogens is 200 g/mol. The molecule has 0 spiro atoms. The molecule has 0 amide bonds. The average Bonchev–Trinajstić information content (AvgIpc) is 2.59. The van der Waals surface area contributed by atoms with Crippen molar-refractivity contribution in [1.82, 2.24) is 9.78 Å². The number of aromatic nitrogens is 2. The normalized spacial score (nSPS) is 21.4. The Morgan fingerprint density at radius 2 is 1.88 bits per heavy atom. The molecule has 1 aromatic rings. The molecule has 0 aromatic carbocycles. The Morgan fingerprint density at radius 1 is 1.25 bits per heavy atom. The molecule has 0 bridgehead atoms. The number of aryl methyl sites for hydroxylation is 1. The van der Waals surface area contributed by atoms with Crippen LogP contribution in [0.1, 0.15) is 50.6 Å². The summed E-state index contributed by atoms with van der Waals surface area (Å²) in [7, 11) is 0. The molecule has 1 aliphatic rings. The van der Waals surface area contributed by atoms with Crippen molar-refractivity contribution >= 4 is 0 Å². The molecule has 0 saturated heterocycles. The first kappa shape index (κ1) is 11.6. The molecule has 3 heteroatoms. The summed E-state index contributed by atoms with van der Waals surface area (Å²) in [5.41, 5.74) is 0.604. The molecule has 16 heavy (non-hydrogen) atoms. The van der Waals surface area contributed by atoms with Gasteiger partial charge in [0.15, 0.2) is 0 Å². The van der Waals surface area contributed by atoms with Gasteiger partial charge in [-0.3, -0.25) is 4.68 Å². The quantitative estimate of drug-likeness (QED) is 0.835. The smallest absolute Gasteiger partial charge is 0.0842 e. The van der Waals surface area contributed by atoms with E-state index in [-0.39, 0.29) is 0 Å². The summed E-state index contributed by atoms with van der Waals surface area (Å²) in [6.07, 6.45) is 9.81. The SMILES string of the molecule is Cc1ccnn1CC1(O)CCCCCCC1. The lowest BCUT2D eigenvalue weighted by Crippen LogP contribution is -2.35. The lowest BCUT2D eigenvalue weighted by atomic mass is 9.87. The molecule has 0 radical (unpaired) electrons. The summed E-state index contributed by atoms with van der Waals surface area (Å²) < 4.78 is 1.93. The highest BCUT2D eigenvalue weighted by Gasteiger charge is 2.28. The second kappa shape index (κ2) is 5.00. The molecule has 90 valence electrons. The van der Waals surface area contributed by atoms with Crippen molar-refractivity contribution in [3.05, 3.63) is 18.0 Å². The van der Waals surface area contributed by atoms with Crippen LogP contribution < -0.4 is 0 Å². The van der Waals surface area contributed by atoms with Crippen LogP contribution in [0.4, 0.5) is 0 Å². The third-order valence-corrected chi connectivity index (χ3v) is 3.66. The van der Waals surface area contributed by atoms with Crippen LogP contribution >= 0.6 is 0 Å². The zero-order chi connectivity index (χ0) is 11.4. The first-order chi connectivity index (χ1) is 7.70. The van der Waals surface area contributed by atoms with E-state index in [1.165, 1.54) is 19.3 Å². The van der Waals surface area contributed by atoms with Gasteiger partial charge in [-0.25, -0.2) is 0 Å². The Morgan fingerprint density at radius 3 is 2.44 bits per heavy atom. The van der Waals surface area contributed by atoms with E-state index < -0.39 is 5.60 Å². The van der Waals surface area contributed by atoms with Crippen LogP contribution in [0.25, 0.3) is 0 Å². The highest BCUT2D eigenvalue weighted by molar-refractivity contribution is 4.98. The van der Waals surface area contributed by atoms with Crippen LogP contribution in [0.15, 0.2) is 12.3 Å². The third-order valence-electron chi connectivity index (χ3n) is 3.66. The molecule has 0 atom stereocenters. The predicted molar refractivity (Wildman–Crippen MR) is 64.2 cm³/mol. The fraction of sp³-hybridized carbons (Fsp3) is 0.769. The van der Waals surface area contributed by atoms with Gasteiger partial charge < -0.3 is 5.11 Å². The maximum absolute atomic E-state index is 10.6. The largest absolute Gasteiger partial charge is 0.388 e. The van der Waals surface area contributed by atoms with E-state index in [1.54, 1.807) is 0 Å². The standard InChI is InChI=1S/C13H22N2O/c1-12-7-10-14-15(12)11-13(16)8-5-3-2-4-6-9-13/h7,10,16H,2-6,8-9,11H2,1H3. The Hall–Kier alpha value is -0.830. The van der Waals surface area contributed by atoms with Gasteiger partial charge in [-0.05, 0) is 25.8 Å². The number of hydrogen-bond donors (Lipinski definition) is 1. The van der Waals surface area contributed by atoms with Crippen LogP contribution in [0.5, 0.6) is 0 Å². The topological polar surface area (TPSA) is 38.0 Å².